The second kappa shape index (κ2) is 9.45. The van der Waals surface area contributed by atoms with E-state index < -0.39 is 10.0 Å². The summed E-state index contributed by atoms with van der Waals surface area (Å²) in [7, 11) is -3.52. The van der Waals surface area contributed by atoms with Crippen LogP contribution in [0.5, 0.6) is 0 Å². The molecule has 1 aromatic heterocycles. The molecular formula is C23H27N3O4S. The Morgan fingerprint density at radius 2 is 1.68 bits per heavy atom. The lowest BCUT2D eigenvalue weighted by molar-refractivity contribution is 0.0934. The summed E-state index contributed by atoms with van der Waals surface area (Å²) in [5.41, 5.74) is 1.81. The summed E-state index contributed by atoms with van der Waals surface area (Å²) >= 11 is 0. The van der Waals surface area contributed by atoms with Crippen molar-refractivity contribution in [2.24, 2.45) is 0 Å². The maximum Gasteiger partial charge on any atom is 0.274 e. The molecule has 1 amide bonds. The zero-order chi connectivity index (χ0) is 22.6. The number of nitrogens with one attached hydrogen (secondary N) is 1. The van der Waals surface area contributed by atoms with E-state index in [2.05, 4.69) is 10.3 Å². The number of aryl methyl sites for hydroxylation is 1. The smallest absolute Gasteiger partial charge is 0.274 e. The van der Waals surface area contributed by atoms with Gasteiger partial charge in [-0.25, -0.2) is 13.4 Å². The number of hydrogen-bond acceptors (Lipinski definition) is 5. The Balaban J connectivity index is 1.74. The van der Waals surface area contributed by atoms with Crippen LogP contribution in [0.2, 0.25) is 0 Å². The number of rotatable bonds is 8. The summed E-state index contributed by atoms with van der Waals surface area (Å²) in [6.45, 7) is 7.97. The van der Waals surface area contributed by atoms with Gasteiger partial charge in [0.2, 0.25) is 15.9 Å². The first-order valence-corrected chi connectivity index (χ1v) is 11.7. The van der Waals surface area contributed by atoms with E-state index in [1.54, 1.807) is 31.2 Å². The summed E-state index contributed by atoms with van der Waals surface area (Å²) < 4.78 is 32.3. The standard InChI is InChI=1S/C23H27N3O4S/c1-5-26(6-2)31(28,29)20-14-12-18(13-15-20)16(3)24-22(27)21-17(4)30-23(25-21)19-10-8-7-9-11-19/h7-16H,5-6H2,1-4H3,(H,24,27). The number of oxazole rings is 1. The number of hydrogen-bond donors (Lipinski definition) is 1. The van der Waals surface area contributed by atoms with Crippen molar-refractivity contribution < 1.29 is 17.6 Å². The Morgan fingerprint density at radius 3 is 2.26 bits per heavy atom. The van der Waals surface area contributed by atoms with E-state index in [1.807, 2.05) is 51.1 Å². The van der Waals surface area contributed by atoms with Crippen LogP contribution in [0.15, 0.2) is 63.9 Å². The number of benzene rings is 2. The maximum absolute atomic E-state index is 12.8. The van der Waals surface area contributed by atoms with E-state index in [-0.39, 0.29) is 22.5 Å². The lowest BCUT2D eigenvalue weighted by Crippen LogP contribution is -2.30. The Morgan fingerprint density at radius 1 is 1.06 bits per heavy atom. The van der Waals surface area contributed by atoms with Crippen molar-refractivity contribution in [1.82, 2.24) is 14.6 Å². The zero-order valence-corrected chi connectivity index (χ0v) is 18.9. The average Bonchev–Trinajstić information content (AvgIpc) is 3.17. The number of aromatic nitrogens is 1. The zero-order valence-electron chi connectivity index (χ0n) is 18.1. The van der Waals surface area contributed by atoms with Gasteiger partial charge in [-0.15, -0.1) is 0 Å². The molecule has 8 heteroatoms. The highest BCUT2D eigenvalue weighted by molar-refractivity contribution is 7.89. The van der Waals surface area contributed by atoms with Crippen molar-refractivity contribution in [2.75, 3.05) is 13.1 Å². The molecule has 0 fully saturated rings. The van der Waals surface area contributed by atoms with Crippen LogP contribution >= 0.6 is 0 Å². The highest BCUT2D eigenvalue weighted by Crippen LogP contribution is 2.23. The third-order valence-electron chi connectivity index (χ3n) is 5.10. The topological polar surface area (TPSA) is 92.5 Å². The predicted octanol–water partition coefficient (Wildman–Crippen LogP) is 4.17. The molecular weight excluding hydrogens is 414 g/mol. The number of carbonyl (C=O) groups is 1. The van der Waals surface area contributed by atoms with E-state index in [0.29, 0.717) is 24.7 Å². The molecule has 3 rings (SSSR count). The molecule has 1 N–H and O–H groups in total. The maximum atomic E-state index is 12.8. The van der Waals surface area contributed by atoms with Crippen LogP contribution in [0.1, 0.15) is 48.6 Å². The molecule has 0 saturated carbocycles. The van der Waals surface area contributed by atoms with E-state index >= 15 is 0 Å². The molecule has 3 aromatic rings. The SMILES string of the molecule is CCN(CC)S(=O)(=O)c1ccc(C(C)NC(=O)c2nc(-c3ccccc3)oc2C)cc1. The fourth-order valence-corrected chi connectivity index (χ4v) is 4.76. The summed E-state index contributed by atoms with van der Waals surface area (Å²) in [5.74, 6) is 0.474. The molecule has 1 atom stereocenters. The third kappa shape index (κ3) is 4.86. The normalized spacial score (nSPS) is 12.7. The minimum atomic E-state index is -3.52. The lowest BCUT2D eigenvalue weighted by Gasteiger charge is -2.19. The number of amides is 1. The van der Waals surface area contributed by atoms with Gasteiger partial charge in [0.15, 0.2) is 5.69 Å². The van der Waals surface area contributed by atoms with E-state index in [1.165, 1.54) is 4.31 Å². The van der Waals surface area contributed by atoms with Crippen molar-refractivity contribution in [1.29, 1.82) is 0 Å². The van der Waals surface area contributed by atoms with Gasteiger partial charge in [0.1, 0.15) is 5.76 Å². The molecule has 0 bridgehead atoms. The van der Waals surface area contributed by atoms with E-state index in [9.17, 15) is 13.2 Å². The first kappa shape index (κ1) is 22.7. The van der Waals surface area contributed by atoms with Crippen molar-refractivity contribution in [3.05, 3.63) is 71.6 Å². The molecule has 164 valence electrons. The third-order valence-corrected chi connectivity index (χ3v) is 7.17. The molecule has 1 unspecified atom stereocenters. The second-order valence-electron chi connectivity index (χ2n) is 7.14. The quantitative estimate of drug-likeness (QED) is 0.566. The van der Waals surface area contributed by atoms with Gasteiger partial charge in [0.25, 0.3) is 5.91 Å². The highest BCUT2D eigenvalue weighted by atomic mass is 32.2. The van der Waals surface area contributed by atoms with E-state index in [4.69, 9.17) is 4.42 Å². The first-order chi connectivity index (χ1) is 14.8. The Kier molecular flexibility index (Phi) is 6.92. The molecule has 0 spiro atoms. The number of sulfonamides is 1. The van der Waals surface area contributed by atoms with Crippen LogP contribution in [0.4, 0.5) is 0 Å². The van der Waals surface area contributed by atoms with Gasteiger partial charge in [0, 0.05) is 18.7 Å². The van der Waals surface area contributed by atoms with Crippen LogP contribution < -0.4 is 5.32 Å². The summed E-state index contributed by atoms with van der Waals surface area (Å²) in [5, 5.41) is 2.90. The molecule has 7 nitrogen and oxygen atoms in total. The summed E-state index contributed by atoms with van der Waals surface area (Å²) in [6.07, 6.45) is 0. The minimum absolute atomic E-state index is 0.228. The van der Waals surface area contributed by atoms with Crippen molar-refractivity contribution in [3.63, 3.8) is 0 Å². The second-order valence-corrected chi connectivity index (χ2v) is 9.08. The minimum Gasteiger partial charge on any atom is -0.441 e. The van der Waals surface area contributed by atoms with Crippen LogP contribution in [-0.4, -0.2) is 36.7 Å². The van der Waals surface area contributed by atoms with Gasteiger partial charge < -0.3 is 9.73 Å². The predicted molar refractivity (Wildman–Crippen MR) is 119 cm³/mol. The molecule has 0 aliphatic rings. The van der Waals surface area contributed by atoms with Gasteiger partial charge in [0.05, 0.1) is 10.9 Å². The molecule has 0 saturated heterocycles. The van der Waals surface area contributed by atoms with Crippen molar-refractivity contribution >= 4 is 15.9 Å². The van der Waals surface area contributed by atoms with Crippen LogP contribution in [-0.2, 0) is 10.0 Å². The molecule has 0 radical (unpaired) electrons. The first-order valence-electron chi connectivity index (χ1n) is 10.2. The number of nitrogens with zero attached hydrogens (tertiary/aromatic N) is 2. The van der Waals surface area contributed by atoms with Gasteiger partial charge in [-0.3, -0.25) is 4.79 Å². The fraction of sp³-hybridized carbons (Fsp3) is 0.304. The van der Waals surface area contributed by atoms with Gasteiger partial charge >= 0.3 is 0 Å². The van der Waals surface area contributed by atoms with Gasteiger partial charge in [-0.05, 0) is 43.7 Å². The molecule has 0 aliphatic carbocycles. The Labute approximate surface area is 183 Å². The highest BCUT2D eigenvalue weighted by Gasteiger charge is 2.23. The Hall–Kier alpha value is -2.97. The molecule has 2 aromatic carbocycles. The van der Waals surface area contributed by atoms with Gasteiger partial charge in [-0.1, -0.05) is 44.2 Å². The Bertz CT molecular complexity index is 1140. The summed E-state index contributed by atoms with van der Waals surface area (Å²) in [4.78, 5) is 17.3. The van der Waals surface area contributed by atoms with Crippen LogP contribution in [0.3, 0.4) is 0 Å². The summed E-state index contributed by atoms with van der Waals surface area (Å²) in [6, 6.07) is 15.6. The van der Waals surface area contributed by atoms with E-state index in [0.717, 1.165) is 11.1 Å². The molecule has 31 heavy (non-hydrogen) atoms. The van der Waals surface area contributed by atoms with Gasteiger partial charge in [-0.2, -0.15) is 4.31 Å². The van der Waals surface area contributed by atoms with Crippen molar-refractivity contribution in [3.8, 4) is 11.5 Å². The number of carbonyl (C=O) groups excluding carboxylic acids is 1. The lowest BCUT2D eigenvalue weighted by atomic mass is 10.1. The van der Waals surface area contributed by atoms with Crippen LogP contribution in [0, 0.1) is 6.92 Å². The van der Waals surface area contributed by atoms with Crippen LogP contribution in [0.25, 0.3) is 11.5 Å². The average molecular weight is 442 g/mol. The molecule has 0 aliphatic heterocycles. The fourth-order valence-electron chi connectivity index (χ4n) is 3.30. The largest absolute Gasteiger partial charge is 0.441 e. The van der Waals surface area contributed by atoms with Crippen molar-refractivity contribution in [2.45, 2.75) is 38.6 Å². The monoisotopic (exact) mass is 441 g/mol. The molecule has 1 heterocycles.